The first-order valence-electron chi connectivity index (χ1n) is 8.46. The van der Waals surface area contributed by atoms with Gasteiger partial charge in [-0.2, -0.15) is 0 Å². The minimum Gasteiger partial charge on any atom is -0.450 e. The number of halogens is 1. The molecule has 3 heterocycles. The van der Waals surface area contributed by atoms with Crippen molar-refractivity contribution in [3.63, 3.8) is 0 Å². The summed E-state index contributed by atoms with van der Waals surface area (Å²) in [6.07, 6.45) is 0.0512. The summed E-state index contributed by atoms with van der Waals surface area (Å²) in [5.74, 6) is -0.0826. The van der Waals surface area contributed by atoms with Gasteiger partial charge >= 0.3 is 6.09 Å². The molecular weight excluding hydrogens is 374 g/mol. The highest BCUT2D eigenvalue weighted by molar-refractivity contribution is 7.16. The van der Waals surface area contributed by atoms with Crippen LogP contribution < -0.4 is 10.6 Å². The molecule has 0 bridgehead atoms. The number of rotatable bonds is 2. The van der Waals surface area contributed by atoms with E-state index in [1.807, 2.05) is 12.1 Å². The summed E-state index contributed by atoms with van der Waals surface area (Å²) in [6.45, 7) is 3.19. The molecule has 0 spiro atoms. The Kier molecular flexibility index (Phi) is 4.50. The van der Waals surface area contributed by atoms with Crippen LogP contribution in [0, 0.1) is 0 Å². The number of anilines is 1. The first-order chi connectivity index (χ1) is 12.6. The number of nitrogens with zero attached hydrogens (tertiary/aromatic N) is 1. The zero-order chi connectivity index (χ0) is 18.3. The van der Waals surface area contributed by atoms with Gasteiger partial charge in [0.05, 0.1) is 18.7 Å². The molecule has 2 aliphatic rings. The molecule has 0 aliphatic carbocycles. The molecule has 136 valence electrons. The maximum atomic E-state index is 12.7. The molecule has 2 aliphatic heterocycles. The van der Waals surface area contributed by atoms with Gasteiger partial charge in [0.15, 0.2) is 0 Å². The predicted octanol–water partition coefficient (Wildman–Crippen LogP) is 3.77. The van der Waals surface area contributed by atoms with E-state index in [0.29, 0.717) is 36.7 Å². The van der Waals surface area contributed by atoms with E-state index in [-0.39, 0.29) is 18.2 Å². The molecule has 1 aromatic heterocycles. The van der Waals surface area contributed by atoms with Crippen LogP contribution in [0.25, 0.3) is 0 Å². The first-order valence-corrected chi connectivity index (χ1v) is 9.65. The molecule has 6 nitrogen and oxygen atoms in total. The molecule has 0 saturated carbocycles. The van der Waals surface area contributed by atoms with Crippen molar-refractivity contribution < 1.29 is 14.3 Å². The van der Waals surface area contributed by atoms with Crippen LogP contribution in [-0.4, -0.2) is 30.1 Å². The Balaban J connectivity index is 1.59. The number of fused-ring (bicyclic) bond motifs is 3. The number of nitrogens with one attached hydrogen (secondary N) is 2. The lowest BCUT2D eigenvalue weighted by Gasteiger charge is -2.28. The number of thiophene rings is 1. The SMILES string of the molecule is CCOC(=O)N1CCc2c(sc3c2C(=O)N[C@H](c2ccc(Cl)cc2)N3)C1. The smallest absolute Gasteiger partial charge is 0.410 e. The first kappa shape index (κ1) is 17.2. The summed E-state index contributed by atoms with van der Waals surface area (Å²) < 4.78 is 5.09. The molecule has 0 unspecified atom stereocenters. The number of ether oxygens (including phenoxy) is 1. The number of amides is 2. The van der Waals surface area contributed by atoms with Crippen molar-refractivity contribution in [2.24, 2.45) is 0 Å². The number of carbonyl (C=O) groups is 2. The van der Waals surface area contributed by atoms with E-state index >= 15 is 0 Å². The lowest BCUT2D eigenvalue weighted by molar-refractivity contribution is 0.0934. The van der Waals surface area contributed by atoms with Crippen LogP contribution in [0.2, 0.25) is 5.02 Å². The van der Waals surface area contributed by atoms with E-state index in [4.69, 9.17) is 16.3 Å². The van der Waals surface area contributed by atoms with Gasteiger partial charge in [0, 0.05) is 16.4 Å². The summed E-state index contributed by atoms with van der Waals surface area (Å²) >= 11 is 7.48. The average molecular weight is 392 g/mol. The Morgan fingerprint density at radius 3 is 2.85 bits per heavy atom. The molecule has 2 N–H and O–H groups in total. The zero-order valence-corrected chi connectivity index (χ0v) is 15.7. The van der Waals surface area contributed by atoms with Gasteiger partial charge in [-0.15, -0.1) is 11.3 Å². The fourth-order valence-corrected chi connectivity index (χ4v) is 4.72. The minimum atomic E-state index is -0.305. The maximum absolute atomic E-state index is 12.7. The summed E-state index contributed by atoms with van der Waals surface area (Å²) in [7, 11) is 0. The largest absolute Gasteiger partial charge is 0.450 e. The number of carbonyl (C=O) groups excluding carboxylic acids is 2. The van der Waals surface area contributed by atoms with Gasteiger partial charge in [0.25, 0.3) is 5.91 Å². The molecule has 0 fully saturated rings. The lowest BCUT2D eigenvalue weighted by atomic mass is 10.0. The van der Waals surface area contributed by atoms with E-state index in [2.05, 4.69) is 10.6 Å². The number of hydrogen-bond donors (Lipinski definition) is 2. The third kappa shape index (κ3) is 3.01. The second kappa shape index (κ2) is 6.81. The van der Waals surface area contributed by atoms with Gasteiger partial charge in [0.2, 0.25) is 0 Å². The van der Waals surface area contributed by atoms with Gasteiger partial charge in [0.1, 0.15) is 11.2 Å². The summed E-state index contributed by atoms with van der Waals surface area (Å²) in [4.78, 5) is 27.4. The van der Waals surface area contributed by atoms with Crippen LogP contribution >= 0.6 is 22.9 Å². The van der Waals surface area contributed by atoms with Crippen LogP contribution in [-0.2, 0) is 17.7 Å². The Morgan fingerprint density at radius 2 is 2.12 bits per heavy atom. The third-order valence-electron chi connectivity index (χ3n) is 4.56. The summed E-state index contributed by atoms with van der Waals surface area (Å²) in [5.41, 5.74) is 2.68. The molecule has 2 amide bonds. The van der Waals surface area contributed by atoms with Crippen LogP contribution in [0.15, 0.2) is 24.3 Å². The molecule has 1 atom stereocenters. The van der Waals surface area contributed by atoms with Crippen LogP contribution in [0.1, 0.15) is 39.5 Å². The van der Waals surface area contributed by atoms with Gasteiger partial charge in [-0.25, -0.2) is 4.79 Å². The third-order valence-corrected chi connectivity index (χ3v) is 5.96. The molecule has 2 aromatic rings. The highest BCUT2D eigenvalue weighted by Crippen LogP contribution is 2.40. The van der Waals surface area contributed by atoms with Crippen LogP contribution in [0.5, 0.6) is 0 Å². The van der Waals surface area contributed by atoms with Crippen LogP contribution in [0.3, 0.4) is 0 Å². The van der Waals surface area contributed by atoms with Crippen LogP contribution in [0.4, 0.5) is 9.80 Å². The Bertz CT molecular complexity index is 865. The molecule has 0 radical (unpaired) electrons. The van der Waals surface area contributed by atoms with E-state index in [9.17, 15) is 9.59 Å². The van der Waals surface area contributed by atoms with E-state index < -0.39 is 0 Å². The molecule has 0 saturated heterocycles. The van der Waals surface area contributed by atoms with E-state index in [1.165, 1.54) is 11.3 Å². The highest BCUT2D eigenvalue weighted by Gasteiger charge is 2.34. The second-order valence-corrected chi connectivity index (χ2v) is 7.72. The quantitative estimate of drug-likeness (QED) is 0.817. The van der Waals surface area contributed by atoms with Crippen molar-refractivity contribution in [1.82, 2.24) is 10.2 Å². The van der Waals surface area contributed by atoms with E-state index in [1.54, 1.807) is 24.0 Å². The highest BCUT2D eigenvalue weighted by atomic mass is 35.5. The zero-order valence-electron chi connectivity index (χ0n) is 14.2. The molecule has 1 aromatic carbocycles. The standard InChI is InChI=1S/C18H18ClN3O3S/c1-2-25-18(24)22-8-7-12-13(9-22)26-17-14(12)16(23)20-15(21-17)10-3-5-11(19)6-4-10/h3-6,15,21H,2,7-9H2,1H3,(H,20,23)/t15-/m0/s1. The lowest BCUT2D eigenvalue weighted by Crippen LogP contribution is -2.39. The van der Waals surface area contributed by atoms with Crippen molar-refractivity contribution in [2.45, 2.75) is 26.1 Å². The maximum Gasteiger partial charge on any atom is 0.410 e. The molecule has 4 rings (SSSR count). The number of benzene rings is 1. The summed E-state index contributed by atoms with van der Waals surface area (Å²) in [6, 6.07) is 7.39. The Hall–Kier alpha value is -2.25. The van der Waals surface area contributed by atoms with Gasteiger partial charge < -0.3 is 20.3 Å². The topological polar surface area (TPSA) is 70.7 Å². The van der Waals surface area contributed by atoms with Crippen molar-refractivity contribution in [2.75, 3.05) is 18.5 Å². The van der Waals surface area contributed by atoms with Crippen molar-refractivity contribution in [3.05, 3.63) is 50.9 Å². The predicted molar refractivity (Wildman–Crippen MR) is 101 cm³/mol. The van der Waals surface area contributed by atoms with Crippen molar-refractivity contribution in [3.8, 4) is 0 Å². The molecular formula is C18H18ClN3O3S. The minimum absolute atomic E-state index is 0.0826. The van der Waals surface area contributed by atoms with Gasteiger partial charge in [-0.05, 0) is 36.6 Å². The Labute approximate surface area is 160 Å². The second-order valence-electron chi connectivity index (χ2n) is 6.18. The molecule has 26 heavy (non-hydrogen) atoms. The van der Waals surface area contributed by atoms with Gasteiger partial charge in [-0.3, -0.25) is 4.79 Å². The Morgan fingerprint density at radius 1 is 1.35 bits per heavy atom. The summed E-state index contributed by atoms with van der Waals surface area (Å²) in [5, 5.41) is 7.91. The van der Waals surface area contributed by atoms with E-state index in [0.717, 1.165) is 21.0 Å². The number of hydrogen-bond acceptors (Lipinski definition) is 5. The normalized spacial score (nSPS) is 18.5. The van der Waals surface area contributed by atoms with Crippen molar-refractivity contribution >= 4 is 39.9 Å². The molecule has 8 heteroatoms. The monoisotopic (exact) mass is 391 g/mol. The fourth-order valence-electron chi connectivity index (χ4n) is 3.31. The fraction of sp³-hybridized carbons (Fsp3) is 0.333. The van der Waals surface area contributed by atoms with Gasteiger partial charge in [-0.1, -0.05) is 23.7 Å². The average Bonchev–Trinajstić information content (AvgIpc) is 3.00. The van der Waals surface area contributed by atoms with Crippen molar-refractivity contribution in [1.29, 1.82) is 0 Å².